The summed E-state index contributed by atoms with van der Waals surface area (Å²) in [6.07, 6.45) is 3.64. The van der Waals surface area contributed by atoms with Crippen LogP contribution in [-0.4, -0.2) is 0 Å². The first-order chi connectivity index (χ1) is 6.81. The van der Waals surface area contributed by atoms with Crippen LogP contribution in [0.15, 0.2) is 24.3 Å². The number of hydrogen-bond donors (Lipinski definition) is 1. The molecule has 1 aromatic rings. The predicted molar refractivity (Wildman–Crippen MR) is 62.7 cm³/mol. The second-order valence-electron chi connectivity index (χ2n) is 3.98. The van der Waals surface area contributed by atoms with Crippen LogP contribution in [0.5, 0.6) is 0 Å². The minimum absolute atomic E-state index is 0. The summed E-state index contributed by atoms with van der Waals surface area (Å²) in [5.74, 6) is 0.803. The minimum atomic E-state index is 0. The largest absolute Gasteiger partial charge is 0.324 e. The number of rotatable bonds is 3. The lowest BCUT2D eigenvalue weighted by Gasteiger charge is -2.12. The Balaban J connectivity index is 0.00000112. The number of halogens is 1. The maximum Gasteiger partial charge on any atom is 0.0995 e. The molecular formula is C12H15ClN2. The lowest BCUT2D eigenvalue weighted by atomic mass is 9.98. The highest BCUT2D eigenvalue weighted by Gasteiger charge is 2.25. The highest BCUT2D eigenvalue weighted by molar-refractivity contribution is 5.85. The zero-order chi connectivity index (χ0) is 9.97. The highest BCUT2D eigenvalue weighted by atomic mass is 35.5. The molecule has 1 atom stereocenters. The van der Waals surface area contributed by atoms with Gasteiger partial charge in [-0.05, 0) is 24.0 Å². The van der Waals surface area contributed by atoms with Crippen LogP contribution in [0, 0.1) is 17.2 Å². The van der Waals surface area contributed by atoms with Gasteiger partial charge in [-0.3, -0.25) is 0 Å². The third-order valence-corrected chi connectivity index (χ3v) is 2.76. The van der Waals surface area contributed by atoms with Crippen LogP contribution < -0.4 is 5.73 Å². The molecule has 0 unspecified atom stereocenters. The summed E-state index contributed by atoms with van der Waals surface area (Å²) >= 11 is 0. The lowest BCUT2D eigenvalue weighted by molar-refractivity contribution is 0.596. The number of nitriles is 1. The summed E-state index contributed by atoms with van der Waals surface area (Å²) in [6.45, 7) is 0. The van der Waals surface area contributed by atoms with E-state index >= 15 is 0 Å². The van der Waals surface area contributed by atoms with Crippen LogP contribution >= 0.6 is 12.4 Å². The van der Waals surface area contributed by atoms with Crippen molar-refractivity contribution in [2.24, 2.45) is 11.7 Å². The van der Waals surface area contributed by atoms with Crippen molar-refractivity contribution in [2.45, 2.75) is 25.3 Å². The van der Waals surface area contributed by atoms with Gasteiger partial charge in [-0.15, -0.1) is 12.4 Å². The Bertz CT molecular complexity index is 366. The SMILES string of the molecule is Cl.N#Cc1ccccc1[C@H](N)CC1CC1. The summed E-state index contributed by atoms with van der Waals surface area (Å²) in [5.41, 5.74) is 7.79. The maximum absolute atomic E-state index is 8.91. The molecule has 2 nitrogen and oxygen atoms in total. The monoisotopic (exact) mass is 222 g/mol. The van der Waals surface area contributed by atoms with Gasteiger partial charge in [-0.2, -0.15) is 5.26 Å². The molecule has 1 saturated carbocycles. The Hall–Kier alpha value is -1.04. The van der Waals surface area contributed by atoms with Crippen LogP contribution in [0.4, 0.5) is 0 Å². The van der Waals surface area contributed by atoms with Gasteiger partial charge in [0.25, 0.3) is 0 Å². The van der Waals surface area contributed by atoms with E-state index in [0.29, 0.717) is 0 Å². The van der Waals surface area contributed by atoms with Crippen LogP contribution in [0.1, 0.15) is 36.4 Å². The molecular weight excluding hydrogens is 208 g/mol. The smallest absolute Gasteiger partial charge is 0.0995 e. The average molecular weight is 223 g/mol. The third kappa shape index (κ3) is 2.95. The van der Waals surface area contributed by atoms with E-state index in [2.05, 4.69) is 6.07 Å². The molecule has 1 aliphatic rings. The second kappa shape index (κ2) is 5.16. The van der Waals surface area contributed by atoms with Gasteiger partial charge in [0.15, 0.2) is 0 Å². The summed E-state index contributed by atoms with van der Waals surface area (Å²) < 4.78 is 0. The molecule has 80 valence electrons. The van der Waals surface area contributed by atoms with Gasteiger partial charge in [-0.1, -0.05) is 31.0 Å². The Kier molecular flexibility index (Phi) is 4.14. The van der Waals surface area contributed by atoms with Crippen molar-refractivity contribution in [3.8, 4) is 6.07 Å². The van der Waals surface area contributed by atoms with Crippen molar-refractivity contribution in [3.05, 3.63) is 35.4 Å². The molecule has 0 spiro atoms. The first-order valence-electron chi connectivity index (χ1n) is 5.06. The normalized spacial score (nSPS) is 16.3. The Morgan fingerprint density at radius 1 is 1.40 bits per heavy atom. The minimum Gasteiger partial charge on any atom is -0.324 e. The van der Waals surface area contributed by atoms with Crippen LogP contribution in [0.3, 0.4) is 0 Å². The zero-order valence-electron chi connectivity index (χ0n) is 8.52. The van der Waals surface area contributed by atoms with E-state index in [1.165, 1.54) is 12.8 Å². The number of hydrogen-bond acceptors (Lipinski definition) is 2. The van der Waals surface area contributed by atoms with Crippen LogP contribution in [-0.2, 0) is 0 Å². The van der Waals surface area contributed by atoms with Gasteiger partial charge in [0.05, 0.1) is 11.6 Å². The fraction of sp³-hybridized carbons (Fsp3) is 0.417. The fourth-order valence-electron chi connectivity index (χ4n) is 1.76. The number of nitrogens with zero attached hydrogens (tertiary/aromatic N) is 1. The molecule has 2 rings (SSSR count). The van der Waals surface area contributed by atoms with E-state index in [1.807, 2.05) is 24.3 Å². The van der Waals surface area contributed by atoms with Crippen molar-refractivity contribution < 1.29 is 0 Å². The van der Waals surface area contributed by atoms with E-state index in [4.69, 9.17) is 11.0 Å². The van der Waals surface area contributed by atoms with Crippen molar-refractivity contribution >= 4 is 12.4 Å². The molecule has 1 aliphatic carbocycles. The summed E-state index contributed by atoms with van der Waals surface area (Å²) in [7, 11) is 0. The summed E-state index contributed by atoms with van der Waals surface area (Å²) in [4.78, 5) is 0. The van der Waals surface area contributed by atoms with E-state index in [1.54, 1.807) is 0 Å². The molecule has 1 aromatic carbocycles. The first kappa shape index (κ1) is 12.0. The standard InChI is InChI=1S/C12H14N2.ClH/c13-8-10-3-1-2-4-11(10)12(14)7-9-5-6-9;/h1-4,9,12H,5-7,14H2;1H/t12-;/m1./s1. The molecule has 15 heavy (non-hydrogen) atoms. The molecule has 0 saturated heterocycles. The number of benzene rings is 1. The Labute approximate surface area is 96.5 Å². The van der Waals surface area contributed by atoms with Crippen LogP contribution in [0.2, 0.25) is 0 Å². The van der Waals surface area contributed by atoms with Crippen molar-refractivity contribution in [2.75, 3.05) is 0 Å². The van der Waals surface area contributed by atoms with E-state index in [0.717, 1.165) is 23.5 Å². The molecule has 0 aromatic heterocycles. The van der Waals surface area contributed by atoms with Crippen molar-refractivity contribution in [1.29, 1.82) is 5.26 Å². The van der Waals surface area contributed by atoms with Gasteiger partial charge in [0.2, 0.25) is 0 Å². The maximum atomic E-state index is 8.91. The van der Waals surface area contributed by atoms with Gasteiger partial charge < -0.3 is 5.73 Å². The molecule has 3 heteroatoms. The second-order valence-corrected chi connectivity index (χ2v) is 3.98. The summed E-state index contributed by atoms with van der Waals surface area (Å²) in [6, 6.07) is 9.86. The fourth-order valence-corrected chi connectivity index (χ4v) is 1.76. The molecule has 1 fully saturated rings. The van der Waals surface area contributed by atoms with Crippen molar-refractivity contribution in [1.82, 2.24) is 0 Å². The van der Waals surface area contributed by atoms with Crippen LogP contribution in [0.25, 0.3) is 0 Å². The Morgan fingerprint density at radius 3 is 2.67 bits per heavy atom. The van der Waals surface area contributed by atoms with E-state index in [-0.39, 0.29) is 18.4 Å². The zero-order valence-corrected chi connectivity index (χ0v) is 9.33. The quantitative estimate of drug-likeness (QED) is 0.855. The average Bonchev–Trinajstić information content (AvgIpc) is 3.01. The number of nitrogens with two attached hydrogens (primary N) is 1. The molecule has 0 amide bonds. The molecule has 0 radical (unpaired) electrons. The van der Waals surface area contributed by atoms with Gasteiger partial charge in [-0.25, -0.2) is 0 Å². The van der Waals surface area contributed by atoms with Gasteiger partial charge >= 0.3 is 0 Å². The summed E-state index contributed by atoms with van der Waals surface area (Å²) in [5, 5.41) is 8.91. The predicted octanol–water partition coefficient (Wildman–Crippen LogP) is 2.78. The Morgan fingerprint density at radius 2 is 2.07 bits per heavy atom. The first-order valence-corrected chi connectivity index (χ1v) is 5.06. The lowest BCUT2D eigenvalue weighted by Crippen LogP contribution is -2.12. The van der Waals surface area contributed by atoms with Gasteiger partial charge in [0, 0.05) is 6.04 Å². The molecule has 0 aliphatic heterocycles. The van der Waals surface area contributed by atoms with Gasteiger partial charge in [0.1, 0.15) is 0 Å². The topological polar surface area (TPSA) is 49.8 Å². The molecule has 0 bridgehead atoms. The highest BCUT2D eigenvalue weighted by Crippen LogP contribution is 2.37. The third-order valence-electron chi connectivity index (χ3n) is 2.76. The molecule has 0 heterocycles. The van der Waals surface area contributed by atoms with E-state index in [9.17, 15) is 0 Å². The molecule has 2 N–H and O–H groups in total. The van der Waals surface area contributed by atoms with Crippen molar-refractivity contribution in [3.63, 3.8) is 0 Å². The van der Waals surface area contributed by atoms with E-state index < -0.39 is 0 Å².